The van der Waals surface area contributed by atoms with Crippen LogP contribution in [0.5, 0.6) is 0 Å². The van der Waals surface area contributed by atoms with Crippen molar-refractivity contribution in [2.24, 2.45) is 29.1 Å². The minimum Gasteiger partial charge on any atom is -0.298 e. The Kier molecular flexibility index (Phi) is 5.18. The number of thioether (sulfide) groups is 1. The molecule has 2 heterocycles. The number of carbonyl (C=O) groups excluding carboxylic acids is 1. The lowest BCUT2D eigenvalue weighted by molar-refractivity contribution is -0.141. The maximum atomic E-state index is 13.5. The normalized spacial score (nSPS) is 32.9. The van der Waals surface area contributed by atoms with Crippen LogP contribution in [-0.2, 0) is 24.2 Å². The van der Waals surface area contributed by atoms with Crippen molar-refractivity contribution in [2.45, 2.75) is 76.4 Å². The van der Waals surface area contributed by atoms with Gasteiger partial charge in [0.1, 0.15) is 10.6 Å². The SMILES string of the molecule is C=CCn1c(SCC(=O)C23CC4CC(CC(C4)C2)C3)nc2sc3c(c2c1=O)CCC(C)C3. The zero-order valence-corrected chi connectivity index (χ0v) is 20.5. The van der Waals surface area contributed by atoms with Gasteiger partial charge in [0.25, 0.3) is 5.56 Å². The van der Waals surface area contributed by atoms with Gasteiger partial charge in [-0.2, -0.15) is 0 Å². The van der Waals surface area contributed by atoms with Gasteiger partial charge in [-0.15, -0.1) is 17.9 Å². The Morgan fingerprint density at radius 3 is 2.59 bits per heavy atom. The molecule has 0 amide bonds. The largest absolute Gasteiger partial charge is 0.298 e. The highest BCUT2D eigenvalue weighted by atomic mass is 32.2. The second-order valence-corrected chi connectivity index (χ2v) is 13.1. The van der Waals surface area contributed by atoms with Crippen molar-refractivity contribution in [3.63, 3.8) is 0 Å². The lowest BCUT2D eigenvalue weighted by atomic mass is 9.48. The number of ketones is 1. The summed E-state index contributed by atoms with van der Waals surface area (Å²) in [6, 6.07) is 0. The summed E-state index contributed by atoms with van der Waals surface area (Å²) < 4.78 is 1.75. The van der Waals surface area contributed by atoms with Crippen LogP contribution in [0.1, 0.15) is 62.3 Å². The topological polar surface area (TPSA) is 52.0 Å². The van der Waals surface area contributed by atoms with Crippen molar-refractivity contribution in [3.8, 4) is 0 Å². The highest BCUT2D eigenvalue weighted by Crippen LogP contribution is 2.60. The van der Waals surface area contributed by atoms with Gasteiger partial charge in [0.05, 0.1) is 11.1 Å². The molecular weight excluding hydrogens is 436 g/mol. The first-order chi connectivity index (χ1) is 15.5. The van der Waals surface area contributed by atoms with E-state index in [1.54, 1.807) is 22.0 Å². The Morgan fingerprint density at radius 1 is 1.25 bits per heavy atom. The van der Waals surface area contributed by atoms with Crippen LogP contribution in [0.25, 0.3) is 10.2 Å². The molecule has 0 radical (unpaired) electrons. The average molecular weight is 469 g/mol. The molecule has 4 nitrogen and oxygen atoms in total. The van der Waals surface area contributed by atoms with Crippen LogP contribution < -0.4 is 5.56 Å². The lowest BCUT2D eigenvalue weighted by Crippen LogP contribution is -2.50. The van der Waals surface area contributed by atoms with Gasteiger partial charge in [-0.1, -0.05) is 24.8 Å². The van der Waals surface area contributed by atoms with E-state index in [-0.39, 0.29) is 11.0 Å². The number of hydrogen-bond acceptors (Lipinski definition) is 5. The van der Waals surface area contributed by atoms with E-state index in [1.165, 1.54) is 41.5 Å². The quantitative estimate of drug-likeness (QED) is 0.312. The first-order valence-corrected chi connectivity index (χ1v) is 14.1. The standard InChI is InChI=1S/C26H32N2O2S2/c1-3-6-28-24(30)22-19-5-4-15(2)7-20(19)32-23(22)27-25(28)31-14-21(29)26-11-16-8-17(12-26)10-18(9-16)13-26/h3,15-18H,1,4-14H2,2H3. The molecule has 2 aromatic rings. The molecule has 4 saturated carbocycles. The van der Waals surface area contributed by atoms with Crippen LogP contribution in [-0.4, -0.2) is 21.1 Å². The molecule has 5 aliphatic carbocycles. The van der Waals surface area contributed by atoms with Crippen molar-refractivity contribution in [1.29, 1.82) is 0 Å². The van der Waals surface area contributed by atoms with Gasteiger partial charge in [-0.3, -0.25) is 14.2 Å². The van der Waals surface area contributed by atoms with E-state index in [1.807, 2.05) is 0 Å². The molecule has 0 aromatic carbocycles. The van der Waals surface area contributed by atoms with Gasteiger partial charge < -0.3 is 0 Å². The molecule has 6 heteroatoms. The predicted octanol–water partition coefficient (Wildman–Crippen LogP) is 5.65. The van der Waals surface area contributed by atoms with Gasteiger partial charge in [-0.05, 0) is 87.0 Å². The van der Waals surface area contributed by atoms with Gasteiger partial charge in [-0.25, -0.2) is 4.98 Å². The van der Waals surface area contributed by atoms with E-state index in [4.69, 9.17) is 4.98 Å². The molecule has 0 spiro atoms. The smallest absolute Gasteiger partial charge is 0.263 e. The fourth-order valence-corrected chi connectivity index (χ4v) is 10.0. The molecule has 170 valence electrons. The van der Waals surface area contributed by atoms with Gasteiger partial charge >= 0.3 is 0 Å². The summed E-state index contributed by atoms with van der Waals surface area (Å²) in [5.41, 5.74) is 1.18. The van der Waals surface area contributed by atoms with Crippen LogP contribution in [0.15, 0.2) is 22.6 Å². The highest BCUT2D eigenvalue weighted by molar-refractivity contribution is 7.99. The van der Waals surface area contributed by atoms with E-state index in [9.17, 15) is 9.59 Å². The van der Waals surface area contributed by atoms with Crippen molar-refractivity contribution in [1.82, 2.24) is 9.55 Å². The molecule has 0 aliphatic heterocycles. The molecule has 4 fully saturated rings. The number of nitrogens with zero attached hydrogens (tertiary/aromatic N) is 2. The number of carbonyl (C=O) groups is 1. The molecule has 0 N–H and O–H groups in total. The van der Waals surface area contributed by atoms with Crippen molar-refractivity contribution in [3.05, 3.63) is 33.4 Å². The van der Waals surface area contributed by atoms with Crippen LogP contribution in [0.3, 0.4) is 0 Å². The number of hydrogen-bond donors (Lipinski definition) is 0. The Balaban J connectivity index is 1.30. The van der Waals surface area contributed by atoms with Gasteiger partial charge in [0, 0.05) is 16.8 Å². The van der Waals surface area contributed by atoms with Crippen LogP contribution in [0.4, 0.5) is 0 Å². The van der Waals surface area contributed by atoms with Crippen molar-refractivity contribution < 1.29 is 4.79 Å². The summed E-state index contributed by atoms with van der Waals surface area (Å²) in [6.45, 7) is 6.59. The van der Waals surface area contributed by atoms with Crippen LogP contribution >= 0.6 is 23.1 Å². The Hall–Kier alpha value is -1.40. The minimum atomic E-state index is -0.0897. The summed E-state index contributed by atoms with van der Waals surface area (Å²) >= 11 is 3.17. The van der Waals surface area contributed by atoms with Crippen molar-refractivity contribution in [2.75, 3.05) is 5.75 Å². The Labute approximate surface area is 197 Å². The number of aryl methyl sites for hydroxylation is 1. The third-order valence-corrected chi connectivity index (χ3v) is 10.8. The summed E-state index contributed by atoms with van der Waals surface area (Å²) in [7, 11) is 0. The van der Waals surface area contributed by atoms with Gasteiger partial charge in [0.2, 0.25) is 0 Å². The monoisotopic (exact) mass is 468 g/mol. The van der Waals surface area contributed by atoms with E-state index >= 15 is 0 Å². The predicted molar refractivity (Wildman–Crippen MR) is 132 cm³/mol. The van der Waals surface area contributed by atoms with E-state index in [0.717, 1.165) is 66.5 Å². The second kappa shape index (κ2) is 7.83. The number of aromatic nitrogens is 2. The maximum Gasteiger partial charge on any atom is 0.263 e. The number of thiophene rings is 1. The molecule has 4 bridgehead atoms. The summed E-state index contributed by atoms with van der Waals surface area (Å²) in [5.74, 6) is 3.80. The van der Waals surface area contributed by atoms with Crippen molar-refractivity contribution >= 4 is 39.1 Å². The molecule has 0 saturated heterocycles. The fourth-order valence-electron chi connectivity index (χ4n) is 7.54. The zero-order chi connectivity index (χ0) is 22.0. The average Bonchev–Trinajstić information content (AvgIpc) is 3.10. The summed E-state index contributed by atoms with van der Waals surface area (Å²) in [6.07, 6.45) is 12.2. The number of allylic oxidation sites excluding steroid dienone is 1. The second-order valence-electron chi connectivity index (χ2n) is 11.0. The summed E-state index contributed by atoms with van der Waals surface area (Å²) in [4.78, 5) is 34.2. The molecule has 5 aliphatic rings. The maximum absolute atomic E-state index is 13.5. The van der Waals surface area contributed by atoms with E-state index in [0.29, 0.717) is 29.2 Å². The molecule has 1 unspecified atom stereocenters. The first-order valence-electron chi connectivity index (χ1n) is 12.3. The third kappa shape index (κ3) is 3.35. The zero-order valence-electron chi connectivity index (χ0n) is 18.9. The Bertz CT molecular complexity index is 1130. The Morgan fingerprint density at radius 2 is 1.94 bits per heavy atom. The van der Waals surface area contributed by atoms with Crippen LogP contribution in [0, 0.1) is 29.1 Å². The van der Waals surface area contributed by atoms with E-state index in [2.05, 4.69) is 13.5 Å². The number of fused-ring (bicyclic) bond motifs is 3. The third-order valence-electron chi connectivity index (χ3n) is 8.65. The minimum absolute atomic E-state index is 0.0479. The first kappa shape index (κ1) is 21.2. The van der Waals surface area contributed by atoms with Gasteiger partial charge in [0.15, 0.2) is 5.16 Å². The highest BCUT2D eigenvalue weighted by Gasteiger charge is 2.54. The molecule has 32 heavy (non-hydrogen) atoms. The molecule has 2 aromatic heterocycles. The molecule has 7 rings (SSSR count). The van der Waals surface area contributed by atoms with E-state index < -0.39 is 0 Å². The van der Waals surface area contributed by atoms with Crippen LogP contribution in [0.2, 0.25) is 0 Å². The number of rotatable bonds is 6. The molecule has 1 atom stereocenters. The lowest BCUT2D eigenvalue weighted by Gasteiger charge is -2.56. The number of Topliss-reactive ketones (excluding diaryl/α,β-unsaturated/α-hetero) is 1. The molecular formula is C26H32N2O2S2. The summed E-state index contributed by atoms with van der Waals surface area (Å²) in [5, 5.41) is 1.50. The fraction of sp³-hybridized carbons (Fsp3) is 0.654.